The highest BCUT2D eigenvalue weighted by molar-refractivity contribution is 7.81. The minimum absolute atomic E-state index is 0.0475. The van der Waals surface area contributed by atoms with Gasteiger partial charge in [-0.1, -0.05) is 24.3 Å². The van der Waals surface area contributed by atoms with E-state index >= 15 is 0 Å². The van der Waals surface area contributed by atoms with Gasteiger partial charge in [0, 0.05) is 0 Å². The summed E-state index contributed by atoms with van der Waals surface area (Å²) in [6.45, 7) is 0. The number of hydrogen-bond acceptors (Lipinski definition) is 6. The Bertz CT molecular complexity index is 606. The van der Waals surface area contributed by atoms with Gasteiger partial charge >= 0.3 is 11.9 Å². The molecule has 2 aromatic rings. The average molecular weight is 348 g/mol. The highest BCUT2D eigenvalue weighted by atomic mass is 32.1. The molecule has 0 atom stereocenters. The molecule has 0 N–H and O–H groups in total. The van der Waals surface area contributed by atoms with Crippen LogP contribution in [-0.2, 0) is 16.0 Å². The number of thiol groups is 2. The molecule has 0 aliphatic rings. The maximum absolute atomic E-state index is 11.1. The molecule has 0 fully saturated rings. The molecule has 0 radical (unpaired) electrons. The predicted molar refractivity (Wildman–Crippen MR) is 94.7 cm³/mol. The molecule has 0 bridgehead atoms. The first-order chi connectivity index (χ1) is 11.1. The van der Waals surface area contributed by atoms with E-state index < -0.39 is 0 Å². The zero-order valence-corrected chi connectivity index (χ0v) is 14.1. The van der Waals surface area contributed by atoms with Crippen molar-refractivity contribution in [3.8, 4) is 11.5 Å². The van der Waals surface area contributed by atoms with Crippen molar-refractivity contribution in [3.05, 3.63) is 59.7 Å². The van der Waals surface area contributed by atoms with Crippen LogP contribution in [0.3, 0.4) is 0 Å². The van der Waals surface area contributed by atoms with Crippen LogP contribution in [0.2, 0.25) is 0 Å². The molecule has 0 amide bonds. The summed E-state index contributed by atoms with van der Waals surface area (Å²) in [4.78, 5) is 22.3. The molecule has 0 heterocycles. The summed E-state index contributed by atoms with van der Waals surface area (Å²) in [7, 11) is 0. The molecular formula is C17H16O4S2. The topological polar surface area (TPSA) is 52.6 Å². The zero-order valence-electron chi connectivity index (χ0n) is 12.3. The number of ether oxygens (including phenoxy) is 2. The molecule has 23 heavy (non-hydrogen) atoms. The molecule has 0 aliphatic carbocycles. The summed E-state index contributed by atoms with van der Waals surface area (Å²) in [6.07, 6.45) is 0.724. The van der Waals surface area contributed by atoms with Gasteiger partial charge in [0.15, 0.2) is 0 Å². The summed E-state index contributed by atoms with van der Waals surface area (Å²) in [6, 6.07) is 14.6. The minimum atomic E-state index is -0.382. The number of carbonyl (C=O) groups excluding carboxylic acids is 2. The van der Waals surface area contributed by atoms with Crippen molar-refractivity contribution in [3.63, 3.8) is 0 Å². The summed E-state index contributed by atoms with van der Waals surface area (Å²) in [5.41, 5.74) is 2.16. The van der Waals surface area contributed by atoms with Gasteiger partial charge in [0.1, 0.15) is 11.5 Å². The van der Waals surface area contributed by atoms with E-state index in [0.29, 0.717) is 11.5 Å². The number of benzene rings is 2. The van der Waals surface area contributed by atoms with E-state index in [4.69, 9.17) is 9.47 Å². The smallest absolute Gasteiger partial charge is 0.321 e. The summed E-state index contributed by atoms with van der Waals surface area (Å²) >= 11 is 7.71. The number of carbonyl (C=O) groups is 2. The fourth-order valence-electron chi connectivity index (χ4n) is 1.91. The Hall–Kier alpha value is -1.92. The van der Waals surface area contributed by atoms with E-state index in [2.05, 4.69) is 25.3 Å². The van der Waals surface area contributed by atoms with Gasteiger partial charge in [-0.05, 0) is 41.8 Å². The van der Waals surface area contributed by atoms with Crippen molar-refractivity contribution in [2.75, 3.05) is 11.5 Å². The van der Waals surface area contributed by atoms with Gasteiger partial charge in [-0.2, -0.15) is 25.3 Å². The second-order valence-electron chi connectivity index (χ2n) is 4.73. The Kier molecular flexibility index (Phi) is 6.55. The van der Waals surface area contributed by atoms with E-state index in [9.17, 15) is 9.59 Å². The molecule has 4 nitrogen and oxygen atoms in total. The highest BCUT2D eigenvalue weighted by Crippen LogP contribution is 2.18. The highest BCUT2D eigenvalue weighted by Gasteiger charge is 2.04. The zero-order chi connectivity index (χ0) is 16.7. The predicted octanol–water partition coefficient (Wildman–Crippen LogP) is 2.95. The van der Waals surface area contributed by atoms with E-state index in [1.54, 1.807) is 24.3 Å². The Balaban J connectivity index is 1.96. The van der Waals surface area contributed by atoms with Gasteiger partial charge in [-0.25, -0.2) is 0 Å². The van der Waals surface area contributed by atoms with Crippen LogP contribution in [-0.4, -0.2) is 23.4 Å². The average Bonchev–Trinajstić information content (AvgIpc) is 2.58. The lowest BCUT2D eigenvalue weighted by molar-refractivity contribution is -0.132. The first kappa shape index (κ1) is 17.4. The van der Waals surface area contributed by atoms with Gasteiger partial charge in [0.25, 0.3) is 0 Å². The van der Waals surface area contributed by atoms with Crippen molar-refractivity contribution in [1.82, 2.24) is 0 Å². The molecule has 6 heteroatoms. The molecular weight excluding hydrogens is 332 g/mol. The maximum Gasteiger partial charge on any atom is 0.321 e. The van der Waals surface area contributed by atoms with E-state index in [1.165, 1.54) is 0 Å². The van der Waals surface area contributed by atoms with Crippen molar-refractivity contribution in [1.29, 1.82) is 0 Å². The summed E-state index contributed by atoms with van der Waals surface area (Å²) < 4.78 is 10.1. The molecule has 2 aromatic carbocycles. The van der Waals surface area contributed by atoms with Crippen LogP contribution in [0.4, 0.5) is 0 Å². The van der Waals surface area contributed by atoms with Crippen LogP contribution >= 0.6 is 25.3 Å². The minimum Gasteiger partial charge on any atom is -0.426 e. The third-order valence-electron chi connectivity index (χ3n) is 2.98. The van der Waals surface area contributed by atoms with Gasteiger partial charge in [0.2, 0.25) is 0 Å². The van der Waals surface area contributed by atoms with Gasteiger partial charge in [0.05, 0.1) is 11.5 Å². The number of hydrogen-bond donors (Lipinski definition) is 2. The molecule has 0 saturated carbocycles. The Morgan fingerprint density at radius 3 is 1.35 bits per heavy atom. The van der Waals surface area contributed by atoms with Crippen LogP contribution in [0.15, 0.2) is 48.5 Å². The van der Waals surface area contributed by atoms with Crippen molar-refractivity contribution < 1.29 is 19.1 Å². The van der Waals surface area contributed by atoms with Crippen molar-refractivity contribution in [2.45, 2.75) is 6.42 Å². The second-order valence-corrected chi connectivity index (χ2v) is 5.36. The van der Waals surface area contributed by atoms with Crippen LogP contribution in [0, 0.1) is 0 Å². The third kappa shape index (κ3) is 5.65. The fourth-order valence-corrected chi connectivity index (χ4v) is 2.04. The molecule has 0 unspecified atom stereocenters. The first-order valence-corrected chi connectivity index (χ1v) is 8.18. The lowest BCUT2D eigenvalue weighted by atomic mass is 10.0. The molecule has 0 aliphatic heterocycles. The van der Waals surface area contributed by atoms with Crippen molar-refractivity contribution in [2.24, 2.45) is 0 Å². The quantitative estimate of drug-likeness (QED) is 0.479. The van der Waals surface area contributed by atoms with Crippen LogP contribution < -0.4 is 9.47 Å². The fraction of sp³-hybridized carbons (Fsp3) is 0.176. The van der Waals surface area contributed by atoms with E-state index in [0.717, 1.165) is 17.5 Å². The third-order valence-corrected chi connectivity index (χ3v) is 3.49. The lowest BCUT2D eigenvalue weighted by Gasteiger charge is -2.06. The molecule has 2 rings (SSSR count). The Labute approximate surface area is 145 Å². The normalized spacial score (nSPS) is 10.2. The van der Waals surface area contributed by atoms with Crippen LogP contribution in [0.5, 0.6) is 11.5 Å². The Morgan fingerprint density at radius 2 is 1.04 bits per heavy atom. The standard InChI is InChI=1S/C17H16O4S2/c18-16(10-22)20-14-5-1-12(2-6-14)9-13-3-7-15(8-4-13)21-17(19)11-23/h1-8,22-23H,9-11H2. The second kappa shape index (κ2) is 8.64. The summed E-state index contributed by atoms with van der Waals surface area (Å²) in [5.74, 6) is 0.334. The monoisotopic (exact) mass is 348 g/mol. The first-order valence-electron chi connectivity index (χ1n) is 6.91. The summed E-state index contributed by atoms with van der Waals surface area (Å²) in [5, 5.41) is 0. The molecule has 120 valence electrons. The maximum atomic E-state index is 11.1. The largest absolute Gasteiger partial charge is 0.426 e. The van der Waals surface area contributed by atoms with Gasteiger partial charge in [-0.15, -0.1) is 0 Å². The van der Waals surface area contributed by atoms with Crippen molar-refractivity contribution >= 4 is 37.2 Å². The van der Waals surface area contributed by atoms with Crippen LogP contribution in [0.25, 0.3) is 0 Å². The van der Waals surface area contributed by atoms with Gasteiger partial charge in [-0.3, -0.25) is 9.59 Å². The van der Waals surface area contributed by atoms with Crippen LogP contribution in [0.1, 0.15) is 11.1 Å². The lowest BCUT2D eigenvalue weighted by Crippen LogP contribution is -2.09. The van der Waals surface area contributed by atoms with E-state index in [-0.39, 0.29) is 23.4 Å². The molecule has 0 aromatic heterocycles. The van der Waals surface area contributed by atoms with Gasteiger partial charge < -0.3 is 9.47 Å². The Morgan fingerprint density at radius 1 is 0.696 bits per heavy atom. The number of rotatable bonds is 6. The SMILES string of the molecule is O=C(CS)Oc1ccc(Cc2ccc(OC(=O)CS)cc2)cc1. The molecule has 0 spiro atoms. The number of esters is 2. The van der Waals surface area contributed by atoms with E-state index in [1.807, 2.05) is 24.3 Å². The molecule has 0 saturated heterocycles.